The van der Waals surface area contributed by atoms with Crippen LogP contribution < -0.4 is 0 Å². The Morgan fingerprint density at radius 2 is 1.88 bits per heavy atom. The number of benzene rings is 1. The molecule has 2 aromatic rings. The zero-order valence-corrected chi connectivity index (χ0v) is 17.9. The fourth-order valence-corrected chi connectivity index (χ4v) is 5.00. The van der Waals surface area contributed by atoms with Crippen LogP contribution in [-0.2, 0) is 17.6 Å². The first-order valence-corrected chi connectivity index (χ1v) is 11.3. The van der Waals surface area contributed by atoms with Gasteiger partial charge in [-0.2, -0.15) is 18.3 Å². The van der Waals surface area contributed by atoms with Crippen LogP contribution in [0.1, 0.15) is 60.0 Å². The summed E-state index contributed by atoms with van der Waals surface area (Å²) in [6.07, 6.45) is -3.50. The molecular formula is C23H25F4N3O3. The van der Waals surface area contributed by atoms with Crippen LogP contribution in [-0.4, -0.2) is 57.9 Å². The molecule has 0 bridgehead atoms. The van der Waals surface area contributed by atoms with Crippen molar-refractivity contribution in [1.29, 1.82) is 0 Å². The van der Waals surface area contributed by atoms with Crippen molar-refractivity contribution in [1.82, 2.24) is 14.7 Å². The first kappa shape index (κ1) is 22.2. The number of alkyl halides is 3. The Hall–Kier alpha value is -2.62. The van der Waals surface area contributed by atoms with E-state index >= 15 is 0 Å². The topological polar surface area (TPSA) is 67.6 Å². The number of ether oxygens (including phenoxy) is 1. The van der Waals surface area contributed by atoms with Crippen molar-refractivity contribution in [3.8, 4) is 5.69 Å². The molecule has 0 spiro atoms. The number of carbonyl (C=O) groups excluding carboxylic acids is 1. The normalized spacial score (nSPS) is 19.7. The summed E-state index contributed by atoms with van der Waals surface area (Å²) in [5.41, 5.74) is 5.27. The van der Waals surface area contributed by atoms with Crippen molar-refractivity contribution in [2.45, 2.75) is 62.6 Å². The van der Waals surface area contributed by atoms with Crippen LogP contribution in [0.25, 0.3) is 5.69 Å². The lowest BCUT2D eigenvalue weighted by atomic mass is 9.88. The third-order valence-electron chi connectivity index (χ3n) is 6.85. The highest BCUT2D eigenvalue weighted by Crippen LogP contribution is 2.48. The smallest absolute Gasteiger partial charge is 0.427 e. The Bertz CT molecular complexity index is 1060. The molecule has 1 unspecified atom stereocenters. The summed E-state index contributed by atoms with van der Waals surface area (Å²) in [6, 6.07) is 4.76. The number of carbonyl (C=O) groups is 1. The average molecular weight is 467 g/mol. The minimum Gasteiger partial charge on any atom is -0.434 e. The van der Waals surface area contributed by atoms with Crippen LogP contribution in [0.15, 0.2) is 18.2 Å². The van der Waals surface area contributed by atoms with Crippen molar-refractivity contribution in [2.75, 3.05) is 19.7 Å². The second-order valence-electron chi connectivity index (χ2n) is 9.06. The lowest BCUT2D eigenvalue weighted by molar-refractivity contribution is -0.214. The zero-order valence-electron chi connectivity index (χ0n) is 17.9. The molecule has 1 saturated heterocycles. The maximum Gasteiger partial charge on any atom is 0.427 e. The van der Waals surface area contributed by atoms with E-state index in [0.717, 1.165) is 42.6 Å². The number of nitrogens with zero attached hydrogens (tertiary/aromatic N) is 3. The van der Waals surface area contributed by atoms with E-state index in [1.807, 2.05) is 4.68 Å². The van der Waals surface area contributed by atoms with Crippen molar-refractivity contribution in [3.63, 3.8) is 0 Å². The van der Waals surface area contributed by atoms with Gasteiger partial charge in [-0.15, -0.1) is 0 Å². The predicted octanol–water partition coefficient (Wildman–Crippen LogP) is 4.23. The molecule has 1 saturated carbocycles. The molecule has 1 aromatic carbocycles. The zero-order chi connectivity index (χ0) is 23.3. The second-order valence-corrected chi connectivity index (χ2v) is 9.06. The van der Waals surface area contributed by atoms with Gasteiger partial charge in [-0.1, -0.05) is 0 Å². The first-order chi connectivity index (χ1) is 15.8. The quantitative estimate of drug-likeness (QED) is 0.684. The van der Waals surface area contributed by atoms with Crippen molar-refractivity contribution >= 4 is 6.09 Å². The molecule has 3 aliphatic rings. The van der Waals surface area contributed by atoms with Crippen molar-refractivity contribution in [3.05, 3.63) is 46.5 Å². The van der Waals surface area contributed by atoms with Gasteiger partial charge in [0.05, 0.1) is 18.0 Å². The summed E-state index contributed by atoms with van der Waals surface area (Å²) in [6.45, 7) is -0.788. The monoisotopic (exact) mass is 467 g/mol. The molecule has 0 radical (unpaired) electrons. The molecular weight excluding hydrogens is 442 g/mol. The van der Waals surface area contributed by atoms with Gasteiger partial charge in [0.25, 0.3) is 0 Å². The van der Waals surface area contributed by atoms with E-state index in [9.17, 15) is 22.4 Å². The predicted molar refractivity (Wildman–Crippen MR) is 110 cm³/mol. The maximum atomic E-state index is 13.7. The van der Waals surface area contributed by atoms with E-state index in [2.05, 4.69) is 4.74 Å². The number of piperidine rings is 1. The Labute approximate surface area is 188 Å². The molecule has 2 aliphatic heterocycles. The molecule has 2 fully saturated rings. The lowest BCUT2D eigenvalue weighted by Crippen LogP contribution is -2.44. The minimum atomic E-state index is -4.81. The minimum absolute atomic E-state index is 0.0860. The molecule has 1 aliphatic carbocycles. The summed E-state index contributed by atoms with van der Waals surface area (Å²) < 4.78 is 58.6. The molecule has 178 valence electrons. The van der Waals surface area contributed by atoms with Gasteiger partial charge >= 0.3 is 12.3 Å². The second kappa shape index (κ2) is 8.30. The van der Waals surface area contributed by atoms with Crippen LogP contribution in [0.5, 0.6) is 0 Å². The number of aliphatic hydroxyl groups excluding tert-OH is 1. The van der Waals surface area contributed by atoms with Crippen LogP contribution in [0.2, 0.25) is 0 Å². The van der Waals surface area contributed by atoms with Gasteiger partial charge in [-0.25, -0.2) is 13.9 Å². The fraction of sp³-hybridized carbons (Fsp3) is 0.565. The van der Waals surface area contributed by atoms with E-state index in [1.54, 1.807) is 12.1 Å². The lowest BCUT2D eigenvalue weighted by Gasteiger charge is -2.32. The van der Waals surface area contributed by atoms with Crippen molar-refractivity contribution < 1.29 is 32.2 Å². The fourth-order valence-electron chi connectivity index (χ4n) is 5.00. The molecule has 5 rings (SSSR count). The Balaban J connectivity index is 1.34. The number of rotatable bonds is 4. The van der Waals surface area contributed by atoms with Crippen LogP contribution in [0.4, 0.5) is 22.4 Å². The number of aryl methyl sites for hydroxylation is 1. The molecule has 10 heteroatoms. The SMILES string of the molecule is O=C(OC(CO)C(F)(F)F)N1CCC(c2nn3c(c2C2CC2)CCc2cc(F)ccc2-3)CC1. The highest BCUT2D eigenvalue weighted by Gasteiger charge is 2.44. The van der Waals surface area contributed by atoms with Gasteiger partial charge in [0.1, 0.15) is 5.82 Å². The summed E-state index contributed by atoms with van der Waals surface area (Å²) in [5.74, 6) is 0.286. The van der Waals surface area contributed by atoms with Crippen LogP contribution in [0.3, 0.4) is 0 Å². The third kappa shape index (κ3) is 4.20. The van der Waals surface area contributed by atoms with Gasteiger partial charge in [0, 0.05) is 30.3 Å². The summed E-state index contributed by atoms with van der Waals surface area (Å²) in [5, 5.41) is 13.9. The summed E-state index contributed by atoms with van der Waals surface area (Å²) in [4.78, 5) is 13.5. The number of hydrogen-bond acceptors (Lipinski definition) is 4. The van der Waals surface area contributed by atoms with Gasteiger partial charge in [0.2, 0.25) is 6.10 Å². The first-order valence-electron chi connectivity index (χ1n) is 11.3. The van der Waals surface area contributed by atoms with E-state index in [-0.39, 0.29) is 24.8 Å². The molecule has 33 heavy (non-hydrogen) atoms. The van der Waals surface area contributed by atoms with E-state index < -0.39 is 25.0 Å². The molecule has 3 heterocycles. The standard InChI is InChI=1S/C23H25F4N3O3/c24-16-4-6-17-15(11-16)3-5-18-20(13-1-2-13)21(28-30(17)18)14-7-9-29(10-8-14)22(32)33-19(12-31)23(25,26)27/h4,6,11,13-14,19,31H,1-3,5,7-10,12H2. The number of fused-ring (bicyclic) bond motifs is 3. The van der Waals surface area contributed by atoms with Gasteiger partial charge < -0.3 is 14.7 Å². The number of hydrogen-bond donors (Lipinski definition) is 1. The Morgan fingerprint density at radius 3 is 2.52 bits per heavy atom. The van der Waals surface area contributed by atoms with Crippen LogP contribution in [0, 0.1) is 5.82 Å². The molecule has 1 amide bonds. The molecule has 1 atom stereocenters. The molecule has 6 nitrogen and oxygen atoms in total. The number of halogens is 4. The van der Waals surface area contributed by atoms with Gasteiger partial charge in [-0.05, 0) is 68.2 Å². The van der Waals surface area contributed by atoms with Crippen LogP contribution >= 0.6 is 0 Å². The van der Waals surface area contributed by atoms with E-state index in [0.29, 0.717) is 18.8 Å². The third-order valence-corrected chi connectivity index (χ3v) is 6.85. The van der Waals surface area contributed by atoms with E-state index in [1.165, 1.54) is 22.2 Å². The van der Waals surface area contributed by atoms with E-state index in [4.69, 9.17) is 10.2 Å². The highest BCUT2D eigenvalue weighted by molar-refractivity contribution is 5.68. The number of likely N-dealkylation sites (tertiary alicyclic amines) is 1. The van der Waals surface area contributed by atoms with Gasteiger partial charge in [0.15, 0.2) is 0 Å². The molecule has 1 aromatic heterocycles. The largest absolute Gasteiger partial charge is 0.434 e. The Morgan fingerprint density at radius 1 is 1.15 bits per heavy atom. The average Bonchev–Trinajstić information content (AvgIpc) is 3.55. The van der Waals surface area contributed by atoms with Gasteiger partial charge in [-0.3, -0.25) is 0 Å². The highest BCUT2D eigenvalue weighted by atomic mass is 19.4. The summed E-state index contributed by atoms with van der Waals surface area (Å²) >= 11 is 0. The number of amides is 1. The number of aliphatic hydroxyl groups is 1. The molecule has 1 N–H and O–H groups in total. The summed E-state index contributed by atoms with van der Waals surface area (Å²) in [7, 11) is 0. The number of aromatic nitrogens is 2. The van der Waals surface area contributed by atoms with Crippen molar-refractivity contribution in [2.24, 2.45) is 0 Å². The maximum absolute atomic E-state index is 13.7. The Kier molecular flexibility index (Phi) is 5.58.